The second kappa shape index (κ2) is 5.99. The fourth-order valence-corrected chi connectivity index (χ4v) is 3.49. The Labute approximate surface area is 135 Å². The Kier molecular flexibility index (Phi) is 3.69. The predicted molar refractivity (Wildman–Crippen MR) is 89.7 cm³/mol. The van der Waals surface area contributed by atoms with Crippen molar-refractivity contribution in [2.24, 2.45) is 0 Å². The smallest absolute Gasteiger partial charge is 0.278 e. The molecular weight excluding hydrogens is 288 g/mol. The Hall–Kier alpha value is -2.43. The van der Waals surface area contributed by atoms with Crippen LogP contribution in [0.5, 0.6) is 0 Å². The summed E-state index contributed by atoms with van der Waals surface area (Å²) in [5.41, 5.74) is 2.61. The van der Waals surface area contributed by atoms with E-state index in [0.717, 1.165) is 17.9 Å². The van der Waals surface area contributed by atoms with Crippen molar-refractivity contribution in [1.29, 1.82) is 0 Å². The van der Waals surface area contributed by atoms with Gasteiger partial charge in [0, 0.05) is 18.3 Å². The molecule has 0 atom stereocenters. The molecule has 4 rings (SSSR count). The van der Waals surface area contributed by atoms with Crippen LogP contribution in [-0.4, -0.2) is 28.7 Å². The normalized spacial score (nSPS) is 17.3. The van der Waals surface area contributed by atoms with Gasteiger partial charge in [0.25, 0.3) is 5.91 Å². The summed E-state index contributed by atoms with van der Waals surface area (Å²) < 4.78 is 0. The number of fused-ring (bicyclic) bond motifs is 1. The summed E-state index contributed by atoms with van der Waals surface area (Å²) in [6.45, 7) is 0.710. The highest BCUT2D eigenvalue weighted by Crippen LogP contribution is 2.28. The molecule has 0 radical (unpaired) electrons. The number of hydrogen-bond acceptors (Lipinski definition) is 4. The third kappa shape index (κ3) is 2.79. The maximum atomic E-state index is 12.7. The third-order valence-electron chi connectivity index (χ3n) is 4.72. The highest BCUT2D eigenvalue weighted by molar-refractivity contribution is 6.06. The molecule has 118 valence electrons. The molecule has 23 heavy (non-hydrogen) atoms. The van der Waals surface area contributed by atoms with Gasteiger partial charge in [0.1, 0.15) is 5.82 Å². The first-order valence-electron chi connectivity index (χ1n) is 8.31. The average molecular weight is 308 g/mol. The molecule has 2 aromatic rings. The van der Waals surface area contributed by atoms with Gasteiger partial charge in [0.05, 0.1) is 0 Å². The number of carbonyl (C=O) groups is 1. The SMILES string of the molecule is O=C(c1ccc(NC2CCCC2)nn1)N1CCc2ccccc21. The van der Waals surface area contributed by atoms with Gasteiger partial charge in [-0.15, -0.1) is 10.2 Å². The molecule has 2 heterocycles. The lowest BCUT2D eigenvalue weighted by Gasteiger charge is -2.17. The van der Waals surface area contributed by atoms with Crippen LogP contribution in [0.4, 0.5) is 11.5 Å². The van der Waals surface area contributed by atoms with Crippen LogP contribution < -0.4 is 10.2 Å². The molecule has 1 aromatic carbocycles. The summed E-state index contributed by atoms with van der Waals surface area (Å²) in [7, 11) is 0. The van der Waals surface area contributed by atoms with Crippen LogP contribution in [0.15, 0.2) is 36.4 Å². The predicted octanol–water partition coefficient (Wildman–Crippen LogP) is 3.03. The van der Waals surface area contributed by atoms with Crippen LogP contribution in [0.1, 0.15) is 41.7 Å². The second-order valence-corrected chi connectivity index (χ2v) is 6.27. The van der Waals surface area contributed by atoms with E-state index in [4.69, 9.17) is 0 Å². The van der Waals surface area contributed by atoms with Crippen LogP contribution in [-0.2, 0) is 6.42 Å². The molecule has 1 saturated carbocycles. The Bertz CT molecular complexity index is 707. The number of benzene rings is 1. The highest BCUT2D eigenvalue weighted by Gasteiger charge is 2.26. The van der Waals surface area contributed by atoms with Crippen molar-refractivity contribution >= 4 is 17.4 Å². The molecule has 1 aliphatic carbocycles. The maximum Gasteiger partial charge on any atom is 0.278 e. The fraction of sp³-hybridized carbons (Fsp3) is 0.389. The van der Waals surface area contributed by atoms with Crippen LogP contribution in [0.2, 0.25) is 0 Å². The minimum Gasteiger partial charge on any atom is -0.366 e. The van der Waals surface area contributed by atoms with Crippen molar-refractivity contribution < 1.29 is 4.79 Å². The number of amides is 1. The van der Waals surface area contributed by atoms with E-state index in [2.05, 4.69) is 21.6 Å². The Balaban J connectivity index is 1.49. The Morgan fingerprint density at radius 3 is 2.70 bits per heavy atom. The van der Waals surface area contributed by atoms with Gasteiger partial charge in [-0.1, -0.05) is 31.0 Å². The molecule has 0 spiro atoms. The Morgan fingerprint density at radius 2 is 1.91 bits per heavy atom. The summed E-state index contributed by atoms with van der Waals surface area (Å²) in [4.78, 5) is 14.5. The van der Waals surface area contributed by atoms with Crippen LogP contribution in [0.3, 0.4) is 0 Å². The molecule has 1 fully saturated rings. The largest absolute Gasteiger partial charge is 0.366 e. The molecule has 5 nitrogen and oxygen atoms in total. The Morgan fingerprint density at radius 1 is 1.09 bits per heavy atom. The number of hydrogen-bond donors (Lipinski definition) is 1. The molecule has 1 N–H and O–H groups in total. The summed E-state index contributed by atoms with van der Waals surface area (Å²) in [6.07, 6.45) is 5.82. The monoisotopic (exact) mass is 308 g/mol. The lowest BCUT2D eigenvalue weighted by Crippen LogP contribution is -2.30. The van der Waals surface area contributed by atoms with Crippen molar-refractivity contribution in [3.05, 3.63) is 47.7 Å². The molecule has 1 amide bonds. The molecule has 0 bridgehead atoms. The number of nitrogens with one attached hydrogen (secondary N) is 1. The molecule has 1 aliphatic heterocycles. The van der Waals surface area contributed by atoms with Gasteiger partial charge in [-0.3, -0.25) is 4.79 Å². The molecular formula is C18H20N4O. The molecule has 0 saturated heterocycles. The van der Waals surface area contributed by atoms with Gasteiger partial charge in [-0.25, -0.2) is 0 Å². The van der Waals surface area contributed by atoms with Gasteiger partial charge < -0.3 is 10.2 Å². The topological polar surface area (TPSA) is 58.1 Å². The quantitative estimate of drug-likeness (QED) is 0.947. The van der Waals surface area contributed by atoms with Crippen molar-refractivity contribution in [2.45, 2.75) is 38.1 Å². The lowest BCUT2D eigenvalue weighted by molar-refractivity contribution is 0.0983. The number of aromatic nitrogens is 2. The van der Waals surface area contributed by atoms with Crippen molar-refractivity contribution in [3.63, 3.8) is 0 Å². The first-order chi connectivity index (χ1) is 11.3. The van der Waals surface area contributed by atoms with Crippen LogP contribution >= 0.6 is 0 Å². The van der Waals surface area contributed by atoms with E-state index in [1.807, 2.05) is 24.3 Å². The van der Waals surface area contributed by atoms with Crippen molar-refractivity contribution in [2.75, 3.05) is 16.8 Å². The van der Waals surface area contributed by atoms with E-state index in [-0.39, 0.29) is 5.91 Å². The number of carbonyl (C=O) groups excluding carboxylic acids is 1. The first-order valence-corrected chi connectivity index (χ1v) is 8.31. The minimum absolute atomic E-state index is 0.0742. The van der Waals surface area contributed by atoms with Gasteiger partial charge in [0.2, 0.25) is 0 Å². The summed E-state index contributed by atoms with van der Waals surface area (Å²) >= 11 is 0. The van der Waals surface area contributed by atoms with Crippen molar-refractivity contribution in [3.8, 4) is 0 Å². The summed E-state index contributed by atoms with van der Waals surface area (Å²) in [5, 5.41) is 11.7. The minimum atomic E-state index is -0.0742. The fourth-order valence-electron chi connectivity index (χ4n) is 3.49. The molecule has 0 unspecified atom stereocenters. The summed E-state index contributed by atoms with van der Waals surface area (Å²) in [5.74, 6) is 0.685. The molecule has 5 heteroatoms. The van der Waals surface area contributed by atoms with Crippen LogP contribution in [0, 0.1) is 0 Å². The van der Waals surface area contributed by atoms with E-state index in [1.54, 1.807) is 11.0 Å². The molecule has 1 aromatic heterocycles. The number of para-hydroxylation sites is 1. The van der Waals surface area contributed by atoms with Gasteiger partial charge in [-0.2, -0.15) is 0 Å². The van der Waals surface area contributed by atoms with E-state index >= 15 is 0 Å². The third-order valence-corrected chi connectivity index (χ3v) is 4.72. The first kappa shape index (κ1) is 14.2. The summed E-state index contributed by atoms with van der Waals surface area (Å²) in [6, 6.07) is 12.2. The van der Waals surface area contributed by atoms with Crippen LogP contribution in [0.25, 0.3) is 0 Å². The zero-order valence-electron chi connectivity index (χ0n) is 13.0. The van der Waals surface area contributed by atoms with E-state index < -0.39 is 0 Å². The number of anilines is 2. The molecule has 2 aliphatic rings. The number of nitrogens with zero attached hydrogens (tertiary/aromatic N) is 3. The maximum absolute atomic E-state index is 12.7. The average Bonchev–Trinajstić information content (AvgIpc) is 3.24. The lowest BCUT2D eigenvalue weighted by atomic mass is 10.2. The van der Waals surface area contributed by atoms with Gasteiger partial charge >= 0.3 is 0 Å². The zero-order valence-corrected chi connectivity index (χ0v) is 13.0. The number of rotatable bonds is 3. The van der Waals surface area contributed by atoms with E-state index in [0.29, 0.717) is 18.3 Å². The zero-order chi connectivity index (χ0) is 15.6. The standard InChI is InChI=1S/C18H20N4O/c23-18(22-12-11-13-5-1-4-8-16(13)22)15-9-10-17(21-20-15)19-14-6-2-3-7-14/h1,4-5,8-10,14H,2-3,6-7,11-12H2,(H,19,21). The van der Waals surface area contributed by atoms with E-state index in [1.165, 1.54) is 31.2 Å². The highest BCUT2D eigenvalue weighted by atomic mass is 16.2. The van der Waals surface area contributed by atoms with Gasteiger partial charge in [-0.05, 0) is 43.0 Å². The van der Waals surface area contributed by atoms with E-state index in [9.17, 15) is 4.79 Å². The van der Waals surface area contributed by atoms with Crippen molar-refractivity contribution in [1.82, 2.24) is 10.2 Å². The second-order valence-electron chi connectivity index (χ2n) is 6.27. The van der Waals surface area contributed by atoms with Gasteiger partial charge in [0.15, 0.2) is 5.69 Å².